The Balaban J connectivity index is 0. The molecule has 0 aromatic rings. The van der Waals surface area contributed by atoms with Crippen LogP contribution in [-0.4, -0.2) is 30.3 Å². The molecule has 0 N–H and O–H groups in total. The second kappa shape index (κ2) is 6.39. The molecule has 0 aliphatic heterocycles. The molecule has 0 fully saturated rings. The number of hydrogen-bond acceptors (Lipinski definition) is 3. The van der Waals surface area contributed by atoms with Crippen LogP contribution < -0.4 is 51.4 Å². The van der Waals surface area contributed by atoms with Gasteiger partial charge in [-0.15, -0.1) is 0 Å². The molecule has 1 unspecified atom stereocenters. The molecule has 10 heteroatoms. The van der Waals surface area contributed by atoms with E-state index in [2.05, 4.69) is 0 Å². The van der Waals surface area contributed by atoms with Crippen LogP contribution in [0.15, 0.2) is 0 Å². The molecule has 0 saturated heterocycles. The summed E-state index contributed by atoms with van der Waals surface area (Å²) in [6, 6.07) is 0. The van der Waals surface area contributed by atoms with Crippen molar-refractivity contribution in [3.63, 3.8) is 0 Å². The Bertz CT molecular complexity index is 318. The van der Waals surface area contributed by atoms with Crippen molar-refractivity contribution in [3.05, 3.63) is 0 Å². The van der Waals surface area contributed by atoms with Gasteiger partial charge in [-0.2, -0.15) is 17.6 Å². The van der Waals surface area contributed by atoms with E-state index in [9.17, 15) is 34.9 Å². The molecule has 0 spiro atoms. The number of halogens is 5. The molecule has 0 rings (SSSR count). The van der Waals surface area contributed by atoms with E-state index in [4.69, 9.17) is 0 Å². The smallest absolute Gasteiger partial charge is 0.743 e. The van der Waals surface area contributed by atoms with E-state index in [0.29, 0.717) is 0 Å². The topological polar surface area (TPSA) is 57.2 Å². The Morgan fingerprint density at radius 1 is 1.25 bits per heavy atom. The molecule has 0 amide bonds. The Morgan fingerprint density at radius 3 is 1.88 bits per heavy atom. The van der Waals surface area contributed by atoms with Gasteiger partial charge in [0, 0.05) is 0 Å². The third-order valence-corrected chi connectivity index (χ3v) is 2.54. The van der Waals surface area contributed by atoms with Gasteiger partial charge in [0.05, 0.1) is 0 Å². The Labute approximate surface area is 132 Å². The SMILES string of the molecule is CCCC(F)C(F)(F)C(F)(F)S(=O)(=O)[O-].[K+]. The maximum atomic E-state index is 12.6. The molecule has 16 heavy (non-hydrogen) atoms. The first-order valence-electron chi connectivity index (χ1n) is 3.83. The fourth-order valence-electron chi connectivity index (χ4n) is 0.784. The van der Waals surface area contributed by atoms with Gasteiger partial charge in [-0.05, 0) is 6.42 Å². The van der Waals surface area contributed by atoms with E-state index in [1.54, 1.807) is 0 Å². The summed E-state index contributed by atoms with van der Waals surface area (Å²) in [5.74, 6) is -5.51. The number of rotatable bonds is 5. The van der Waals surface area contributed by atoms with Crippen molar-refractivity contribution in [2.45, 2.75) is 37.1 Å². The standard InChI is InChI=1S/C6H9F5O3S.K/c1-2-3-4(7)5(8,9)6(10,11)15(12,13)14;/h4H,2-3H2,1H3,(H,12,13,14);/q;+1/p-1. The maximum absolute atomic E-state index is 12.6. The summed E-state index contributed by atoms with van der Waals surface area (Å²) in [5, 5.41) is -5.94. The molecule has 0 saturated carbocycles. The van der Waals surface area contributed by atoms with Crippen molar-refractivity contribution in [2.24, 2.45) is 0 Å². The average molecular weight is 294 g/mol. The minimum Gasteiger partial charge on any atom is -0.743 e. The summed E-state index contributed by atoms with van der Waals surface area (Å²) in [6.45, 7) is 1.24. The van der Waals surface area contributed by atoms with Gasteiger partial charge in [0.1, 0.15) is 0 Å². The number of hydrogen-bond donors (Lipinski definition) is 0. The van der Waals surface area contributed by atoms with Crippen molar-refractivity contribution < 1.29 is 86.3 Å². The van der Waals surface area contributed by atoms with Crippen LogP contribution >= 0.6 is 0 Å². The van der Waals surface area contributed by atoms with Crippen LogP contribution in [0.1, 0.15) is 19.8 Å². The third-order valence-electron chi connectivity index (χ3n) is 1.64. The minimum absolute atomic E-state index is 0. The zero-order valence-electron chi connectivity index (χ0n) is 8.51. The molecule has 0 radical (unpaired) electrons. The van der Waals surface area contributed by atoms with E-state index in [0.717, 1.165) is 0 Å². The van der Waals surface area contributed by atoms with Crippen molar-refractivity contribution >= 4 is 10.1 Å². The first-order valence-corrected chi connectivity index (χ1v) is 5.24. The van der Waals surface area contributed by atoms with E-state index in [1.165, 1.54) is 6.92 Å². The fraction of sp³-hybridized carbons (Fsp3) is 1.00. The van der Waals surface area contributed by atoms with Gasteiger partial charge in [-0.1, -0.05) is 13.3 Å². The van der Waals surface area contributed by atoms with Gasteiger partial charge < -0.3 is 4.55 Å². The molecule has 0 aliphatic rings. The summed E-state index contributed by atoms with van der Waals surface area (Å²) in [5.41, 5.74) is 0. The van der Waals surface area contributed by atoms with Gasteiger partial charge in [0.15, 0.2) is 16.3 Å². The molecule has 0 aliphatic carbocycles. The zero-order chi connectivity index (χ0) is 12.5. The van der Waals surface area contributed by atoms with Gasteiger partial charge in [0.2, 0.25) is 0 Å². The zero-order valence-corrected chi connectivity index (χ0v) is 12.5. The Kier molecular flexibility index (Phi) is 7.80. The molecule has 0 bridgehead atoms. The molecule has 0 aromatic carbocycles. The normalized spacial score (nSPS) is 15.4. The largest absolute Gasteiger partial charge is 1.00 e. The van der Waals surface area contributed by atoms with Crippen LogP contribution in [-0.2, 0) is 10.1 Å². The van der Waals surface area contributed by atoms with Crippen molar-refractivity contribution in [1.29, 1.82) is 0 Å². The maximum Gasteiger partial charge on any atom is 1.00 e. The molecular formula is C6H8F5KO3S. The molecule has 1 atom stereocenters. The first-order chi connectivity index (χ1) is 6.48. The predicted octanol–water partition coefficient (Wildman–Crippen LogP) is -1.10. The third kappa shape index (κ3) is 3.85. The van der Waals surface area contributed by atoms with Crippen LogP contribution in [0.25, 0.3) is 0 Å². The number of alkyl halides is 5. The Hall–Kier alpha value is 1.20. The van der Waals surface area contributed by atoms with E-state index < -0.39 is 33.9 Å². The molecule has 0 aromatic heterocycles. The molecule has 0 heterocycles. The summed E-state index contributed by atoms with van der Waals surface area (Å²) in [7, 11) is -6.60. The Morgan fingerprint density at radius 2 is 1.62 bits per heavy atom. The fourth-order valence-corrected chi connectivity index (χ4v) is 1.24. The summed E-state index contributed by atoms with van der Waals surface area (Å²) in [6.07, 6.45) is -4.52. The van der Waals surface area contributed by atoms with E-state index in [1.807, 2.05) is 0 Å². The van der Waals surface area contributed by atoms with Gasteiger partial charge in [-0.3, -0.25) is 0 Å². The first kappa shape index (κ1) is 19.5. The summed E-state index contributed by atoms with van der Waals surface area (Å²) in [4.78, 5) is 0. The van der Waals surface area contributed by atoms with Crippen LogP contribution in [0.2, 0.25) is 0 Å². The second-order valence-electron chi connectivity index (χ2n) is 2.85. The van der Waals surface area contributed by atoms with Gasteiger partial charge >= 0.3 is 62.6 Å². The van der Waals surface area contributed by atoms with E-state index in [-0.39, 0.29) is 57.8 Å². The second-order valence-corrected chi connectivity index (χ2v) is 4.27. The van der Waals surface area contributed by atoms with Crippen LogP contribution in [0, 0.1) is 0 Å². The quantitative estimate of drug-likeness (QED) is 0.367. The average Bonchev–Trinajstić information content (AvgIpc) is 2.02. The van der Waals surface area contributed by atoms with Crippen LogP contribution in [0.4, 0.5) is 22.0 Å². The van der Waals surface area contributed by atoms with Crippen LogP contribution in [0.5, 0.6) is 0 Å². The van der Waals surface area contributed by atoms with Gasteiger partial charge in [-0.25, -0.2) is 12.8 Å². The molecular weight excluding hydrogens is 286 g/mol. The minimum atomic E-state index is -6.60. The molecule has 92 valence electrons. The molecule has 3 nitrogen and oxygen atoms in total. The van der Waals surface area contributed by atoms with Gasteiger partial charge in [0.25, 0.3) is 0 Å². The van der Waals surface area contributed by atoms with Crippen LogP contribution in [0.3, 0.4) is 0 Å². The van der Waals surface area contributed by atoms with Crippen molar-refractivity contribution in [1.82, 2.24) is 0 Å². The van der Waals surface area contributed by atoms with E-state index >= 15 is 0 Å². The van der Waals surface area contributed by atoms with Crippen molar-refractivity contribution in [2.75, 3.05) is 0 Å². The summed E-state index contributed by atoms with van der Waals surface area (Å²) < 4.78 is 92.1. The monoisotopic (exact) mass is 294 g/mol. The van der Waals surface area contributed by atoms with Crippen molar-refractivity contribution in [3.8, 4) is 0 Å². The summed E-state index contributed by atoms with van der Waals surface area (Å²) >= 11 is 0. The predicted molar refractivity (Wildman–Crippen MR) is 39.4 cm³/mol.